The Kier molecular flexibility index (Phi) is 4.72. The van der Waals surface area contributed by atoms with Gasteiger partial charge in [-0.15, -0.1) is 0 Å². The summed E-state index contributed by atoms with van der Waals surface area (Å²) >= 11 is 0. The van der Waals surface area contributed by atoms with Gasteiger partial charge in [0.1, 0.15) is 0 Å². The van der Waals surface area contributed by atoms with Gasteiger partial charge in [0.25, 0.3) is 0 Å². The molecule has 1 aliphatic heterocycles. The molecule has 1 atom stereocenters. The van der Waals surface area contributed by atoms with E-state index in [9.17, 15) is 13.2 Å². The molecule has 0 aliphatic carbocycles. The summed E-state index contributed by atoms with van der Waals surface area (Å²) in [5.41, 5.74) is 2.91. The molecule has 0 spiro atoms. The fraction of sp³-hybridized carbons (Fsp3) is 0.286. The van der Waals surface area contributed by atoms with E-state index in [2.05, 4.69) is 28.1 Å². The van der Waals surface area contributed by atoms with Crippen LogP contribution >= 0.6 is 0 Å². The first-order valence-corrected chi connectivity index (χ1v) is 10.7. The maximum Gasteiger partial charge on any atom is 0.243 e. The van der Waals surface area contributed by atoms with Crippen molar-refractivity contribution in [2.75, 3.05) is 18.4 Å². The van der Waals surface area contributed by atoms with Gasteiger partial charge in [0.05, 0.1) is 4.90 Å². The van der Waals surface area contributed by atoms with E-state index in [0.717, 1.165) is 11.9 Å². The second kappa shape index (κ2) is 7.07. The Morgan fingerprint density at radius 3 is 2.50 bits per heavy atom. The number of fused-ring (bicyclic) bond motifs is 1. The topological polar surface area (TPSA) is 71.4 Å². The fourth-order valence-electron chi connectivity index (χ4n) is 3.95. The number of nitrogens with one attached hydrogen (secondary N) is 1. The number of aryl methyl sites for hydroxylation is 1. The number of aromatic nitrogens is 1. The highest BCUT2D eigenvalue weighted by molar-refractivity contribution is 7.89. The summed E-state index contributed by atoms with van der Waals surface area (Å²) in [6, 6.07) is 16.7. The molecule has 1 aliphatic rings. The van der Waals surface area contributed by atoms with Crippen LogP contribution in [-0.2, 0) is 21.9 Å². The molecule has 1 amide bonds. The van der Waals surface area contributed by atoms with Crippen LogP contribution in [0, 0.1) is 0 Å². The molecule has 2 aromatic carbocycles. The number of benzene rings is 2. The Hall–Kier alpha value is -2.64. The minimum absolute atomic E-state index is 0.172. The van der Waals surface area contributed by atoms with Crippen molar-refractivity contribution in [3.05, 3.63) is 60.3 Å². The molecular weight excluding hydrogens is 374 g/mol. The lowest BCUT2D eigenvalue weighted by atomic mass is 10.1. The molecule has 1 fully saturated rings. The number of hydrogen-bond donors (Lipinski definition) is 1. The summed E-state index contributed by atoms with van der Waals surface area (Å²) < 4.78 is 29.8. The van der Waals surface area contributed by atoms with E-state index in [1.165, 1.54) is 18.0 Å². The Morgan fingerprint density at radius 1 is 1.11 bits per heavy atom. The molecule has 1 unspecified atom stereocenters. The standard InChI is InChI=1S/C21H23N3O3S/c1-15(25)22-18-7-9-19(10-8-18)28(26,27)24-12-11-17(14-24)21-13-16-5-3-4-6-20(16)23(21)2/h3-10,13,17H,11-12,14H2,1-2H3,(H,22,25). The molecule has 0 radical (unpaired) electrons. The number of carbonyl (C=O) groups is 1. The third kappa shape index (κ3) is 3.31. The van der Waals surface area contributed by atoms with Crippen LogP contribution in [0.5, 0.6) is 0 Å². The van der Waals surface area contributed by atoms with Crippen molar-refractivity contribution in [3.63, 3.8) is 0 Å². The number of anilines is 1. The zero-order valence-corrected chi connectivity index (χ0v) is 16.7. The minimum atomic E-state index is -3.56. The Morgan fingerprint density at radius 2 is 1.82 bits per heavy atom. The minimum Gasteiger partial charge on any atom is -0.347 e. The molecule has 7 heteroatoms. The molecule has 0 saturated carbocycles. The van der Waals surface area contributed by atoms with E-state index in [-0.39, 0.29) is 16.7 Å². The summed E-state index contributed by atoms with van der Waals surface area (Å²) in [6.07, 6.45) is 0.799. The highest BCUT2D eigenvalue weighted by Gasteiger charge is 2.34. The van der Waals surface area contributed by atoms with E-state index in [0.29, 0.717) is 18.8 Å². The van der Waals surface area contributed by atoms with Gasteiger partial charge in [-0.3, -0.25) is 4.79 Å². The van der Waals surface area contributed by atoms with E-state index < -0.39 is 10.0 Å². The summed E-state index contributed by atoms with van der Waals surface area (Å²) in [4.78, 5) is 11.4. The smallest absolute Gasteiger partial charge is 0.243 e. The van der Waals surface area contributed by atoms with Gasteiger partial charge < -0.3 is 9.88 Å². The summed E-state index contributed by atoms with van der Waals surface area (Å²) in [6.45, 7) is 2.39. The third-order valence-electron chi connectivity index (χ3n) is 5.37. The lowest BCUT2D eigenvalue weighted by Gasteiger charge is -2.17. The number of para-hydroxylation sites is 1. The molecule has 1 aromatic heterocycles. The van der Waals surface area contributed by atoms with Gasteiger partial charge >= 0.3 is 0 Å². The molecule has 3 aromatic rings. The van der Waals surface area contributed by atoms with Crippen LogP contribution in [0.4, 0.5) is 5.69 Å². The van der Waals surface area contributed by atoms with Gasteiger partial charge in [-0.25, -0.2) is 8.42 Å². The highest BCUT2D eigenvalue weighted by Crippen LogP contribution is 2.34. The van der Waals surface area contributed by atoms with Crippen molar-refractivity contribution >= 4 is 32.5 Å². The maximum absolute atomic E-state index is 13.0. The third-order valence-corrected chi connectivity index (χ3v) is 7.25. The van der Waals surface area contributed by atoms with Gasteiger partial charge in [-0.1, -0.05) is 18.2 Å². The van der Waals surface area contributed by atoms with Crippen LogP contribution in [-0.4, -0.2) is 36.3 Å². The number of sulfonamides is 1. The largest absolute Gasteiger partial charge is 0.347 e. The Balaban J connectivity index is 1.55. The zero-order chi connectivity index (χ0) is 19.9. The predicted molar refractivity (Wildman–Crippen MR) is 110 cm³/mol. The first kappa shape index (κ1) is 18.7. The second-order valence-electron chi connectivity index (χ2n) is 7.24. The van der Waals surface area contributed by atoms with Crippen LogP contribution in [0.2, 0.25) is 0 Å². The number of amides is 1. The van der Waals surface area contributed by atoms with Crippen molar-refractivity contribution < 1.29 is 13.2 Å². The van der Waals surface area contributed by atoms with Crippen LogP contribution in [0.3, 0.4) is 0 Å². The number of nitrogens with zero attached hydrogens (tertiary/aromatic N) is 2. The summed E-state index contributed by atoms with van der Waals surface area (Å²) in [5.74, 6) is -0.0150. The molecular formula is C21H23N3O3S. The van der Waals surface area contributed by atoms with E-state index in [1.54, 1.807) is 28.6 Å². The number of carbonyl (C=O) groups excluding carboxylic acids is 1. The SMILES string of the molecule is CC(=O)Nc1ccc(S(=O)(=O)N2CCC(c3cc4ccccc4n3C)C2)cc1. The Labute approximate surface area is 164 Å². The lowest BCUT2D eigenvalue weighted by molar-refractivity contribution is -0.114. The van der Waals surface area contributed by atoms with Crippen molar-refractivity contribution in [3.8, 4) is 0 Å². The molecule has 1 saturated heterocycles. The zero-order valence-electron chi connectivity index (χ0n) is 15.9. The van der Waals surface area contributed by atoms with E-state index in [4.69, 9.17) is 0 Å². The van der Waals surface area contributed by atoms with Crippen LogP contribution < -0.4 is 5.32 Å². The summed E-state index contributed by atoms with van der Waals surface area (Å²) in [7, 11) is -1.52. The van der Waals surface area contributed by atoms with Crippen molar-refractivity contribution in [1.29, 1.82) is 0 Å². The van der Waals surface area contributed by atoms with Crippen molar-refractivity contribution in [1.82, 2.24) is 8.87 Å². The quantitative estimate of drug-likeness (QED) is 0.734. The summed E-state index contributed by atoms with van der Waals surface area (Å²) in [5, 5.41) is 3.83. The van der Waals surface area contributed by atoms with Crippen molar-refractivity contribution in [2.45, 2.75) is 24.2 Å². The molecule has 28 heavy (non-hydrogen) atoms. The molecule has 6 nitrogen and oxygen atoms in total. The molecule has 1 N–H and O–H groups in total. The first-order chi connectivity index (χ1) is 13.4. The number of rotatable bonds is 4. The van der Waals surface area contributed by atoms with Gasteiger partial charge in [0.2, 0.25) is 15.9 Å². The molecule has 4 rings (SSSR count). The second-order valence-corrected chi connectivity index (χ2v) is 9.18. The lowest BCUT2D eigenvalue weighted by Crippen LogP contribution is -2.28. The first-order valence-electron chi connectivity index (χ1n) is 9.28. The average molecular weight is 398 g/mol. The number of hydrogen-bond acceptors (Lipinski definition) is 3. The monoisotopic (exact) mass is 397 g/mol. The Bertz CT molecular complexity index is 1130. The van der Waals surface area contributed by atoms with Crippen LogP contribution in [0.25, 0.3) is 10.9 Å². The van der Waals surface area contributed by atoms with Gasteiger partial charge in [0, 0.05) is 49.9 Å². The van der Waals surface area contributed by atoms with Gasteiger partial charge in [-0.05, 0) is 48.2 Å². The van der Waals surface area contributed by atoms with E-state index in [1.807, 2.05) is 19.2 Å². The maximum atomic E-state index is 13.0. The molecule has 2 heterocycles. The van der Waals surface area contributed by atoms with Crippen LogP contribution in [0.15, 0.2) is 59.5 Å². The van der Waals surface area contributed by atoms with Gasteiger partial charge in [0.15, 0.2) is 0 Å². The molecule has 146 valence electrons. The highest BCUT2D eigenvalue weighted by atomic mass is 32.2. The fourth-order valence-corrected chi connectivity index (χ4v) is 5.45. The van der Waals surface area contributed by atoms with E-state index >= 15 is 0 Å². The normalized spacial score (nSPS) is 17.9. The van der Waals surface area contributed by atoms with Crippen LogP contribution in [0.1, 0.15) is 25.0 Å². The average Bonchev–Trinajstić information content (AvgIpc) is 3.28. The van der Waals surface area contributed by atoms with Crippen molar-refractivity contribution in [2.24, 2.45) is 7.05 Å². The van der Waals surface area contributed by atoms with Gasteiger partial charge in [-0.2, -0.15) is 4.31 Å². The predicted octanol–water partition coefficient (Wildman–Crippen LogP) is 3.31. The molecule has 0 bridgehead atoms.